The Balaban J connectivity index is 2.16. The Morgan fingerprint density at radius 1 is 1.40 bits per heavy atom. The standard InChI is InChI=1S/C18H15Br2Cl2NO2/c1-18(2)12(8-15(21)22)16(18)17(24)25-13(9-23)11-5-3-4-10(6-11)7-14(19)20/h3-8,12-13,16H,1-2H3. The Kier molecular flexibility index (Phi) is 6.78. The SMILES string of the molecule is CC1(C)C(C=C(Cl)Cl)C1C(=O)OC(C#N)c1cccc(C=C(Br)Br)c1. The number of allylic oxidation sites excluding steroid dienone is 1. The summed E-state index contributed by atoms with van der Waals surface area (Å²) in [7, 11) is 0. The second-order valence-corrected chi connectivity index (χ2v) is 10.1. The molecule has 0 N–H and O–H groups in total. The van der Waals surface area contributed by atoms with Crippen molar-refractivity contribution in [2.75, 3.05) is 0 Å². The minimum Gasteiger partial charge on any atom is -0.442 e. The largest absolute Gasteiger partial charge is 0.442 e. The number of benzene rings is 1. The fourth-order valence-electron chi connectivity index (χ4n) is 2.87. The van der Waals surface area contributed by atoms with Crippen molar-refractivity contribution in [3.05, 3.63) is 49.4 Å². The molecule has 7 heteroatoms. The molecule has 0 radical (unpaired) electrons. The van der Waals surface area contributed by atoms with Gasteiger partial charge in [0.2, 0.25) is 6.10 Å². The first-order valence-electron chi connectivity index (χ1n) is 7.42. The Bertz CT molecular complexity index is 776. The number of hydrogen-bond acceptors (Lipinski definition) is 3. The lowest BCUT2D eigenvalue weighted by Gasteiger charge is -2.12. The van der Waals surface area contributed by atoms with Crippen LogP contribution in [0.3, 0.4) is 0 Å². The Morgan fingerprint density at radius 3 is 2.64 bits per heavy atom. The highest BCUT2D eigenvalue weighted by Gasteiger charge is 2.62. The van der Waals surface area contributed by atoms with Gasteiger partial charge in [-0.1, -0.05) is 55.2 Å². The molecule has 1 saturated carbocycles. The maximum absolute atomic E-state index is 12.5. The number of carbonyl (C=O) groups excluding carboxylic acids is 1. The van der Waals surface area contributed by atoms with Gasteiger partial charge in [0.05, 0.1) is 9.31 Å². The van der Waals surface area contributed by atoms with E-state index in [2.05, 4.69) is 31.9 Å². The van der Waals surface area contributed by atoms with Crippen LogP contribution < -0.4 is 0 Å². The maximum Gasteiger partial charge on any atom is 0.311 e. The van der Waals surface area contributed by atoms with Crippen molar-refractivity contribution in [1.82, 2.24) is 0 Å². The van der Waals surface area contributed by atoms with Gasteiger partial charge in [-0.2, -0.15) is 5.26 Å². The molecule has 1 aliphatic carbocycles. The van der Waals surface area contributed by atoms with Crippen molar-refractivity contribution in [2.45, 2.75) is 20.0 Å². The van der Waals surface area contributed by atoms with Crippen LogP contribution >= 0.6 is 55.1 Å². The molecule has 1 aromatic rings. The predicted octanol–water partition coefficient (Wildman–Crippen LogP) is 6.47. The third-order valence-corrected chi connectivity index (χ3v) is 5.02. The van der Waals surface area contributed by atoms with Gasteiger partial charge >= 0.3 is 5.97 Å². The van der Waals surface area contributed by atoms with E-state index < -0.39 is 12.1 Å². The van der Waals surface area contributed by atoms with Crippen LogP contribution in [-0.2, 0) is 9.53 Å². The average Bonchev–Trinajstić information content (AvgIpc) is 3.04. The van der Waals surface area contributed by atoms with E-state index in [0.717, 1.165) is 8.96 Å². The van der Waals surface area contributed by atoms with Crippen molar-refractivity contribution in [1.29, 1.82) is 5.26 Å². The first-order chi connectivity index (χ1) is 11.7. The van der Waals surface area contributed by atoms with Crippen LogP contribution in [0.15, 0.2) is 38.2 Å². The molecule has 1 aliphatic rings. The smallest absolute Gasteiger partial charge is 0.311 e. The number of nitriles is 1. The van der Waals surface area contributed by atoms with E-state index in [4.69, 9.17) is 27.9 Å². The van der Waals surface area contributed by atoms with Crippen LogP contribution in [0.2, 0.25) is 0 Å². The summed E-state index contributed by atoms with van der Waals surface area (Å²) in [6.45, 7) is 3.88. The topological polar surface area (TPSA) is 50.1 Å². The molecule has 2 rings (SSSR count). The summed E-state index contributed by atoms with van der Waals surface area (Å²) in [5.74, 6) is -0.881. The van der Waals surface area contributed by atoms with Gasteiger partial charge in [0.25, 0.3) is 0 Å². The fraction of sp³-hybridized carbons (Fsp3) is 0.333. The van der Waals surface area contributed by atoms with Crippen molar-refractivity contribution in [2.24, 2.45) is 17.3 Å². The third-order valence-electron chi connectivity index (χ3n) is 4.31. The van der Waals surface area contributed by atoms with Gasteiger partial charge in [-0.15, -0.1) is 0 Å². The molecule has 1 aromatic carbocycles. The fourth-order valence-corrected chi connectivity index (χ4v) is 3.67. The summed E-state index contributed by atoms with van der Waals surface area (Å²) in [5, 5.41) is 9.43. The zero-order valence-corrected chi connectivity index (χ0v) is 18.2. The van der Waals surface area contributed by atoms with Gasteiger partial charge in [-0.25, -0.2) is 0 Å². The first kappa shape index (κ1) is 20.5. The monoisotopic (exact) mass is 505 g/mol. The van der Waals surface area contributed by atoms with E-state index in [1.54, 1.807) is 18.2 Å². The summed E-state index contributed by atoms with van der Waals surface area (Å²) in [6, 6.07) is 9.29. The Morgan fingerprint density at radius 2 is 2.08 bits per heavy atom. The molecule has 3 unspecified atom stereocenters. The summed E-state index contributed by atoms with van der Waals surface area (Å²) < 4.78 is 6.36. The van der Waals surface area contributed by atoms with Crippen molar-refractivity contribution in [3.63, 3.8) is 0 Å². The number of nitrogens with zero attached hydrogens (tertiary/aromatic N) is 1. The molecule has 132 valence electrons. The van der Waals surface area contributed by atoms with Gasteiger partial charge in [0.1, 0.15) is 10.6 Å². The lowest BCUT2D eigenvalue weighted by molar-refractivity contribution is -0.149. The molecule has 0 aliphatic heterocycles. The van der Waals surface area contributed by atoms with Gasteiger partial charge in [0.15, 0.2) is 0 Å². The summed E-state index contributed by atoms with van der Waals surface area (Å²) in [4.78, 5) is 12.5. The zero-order valence-electron chi connectivity index (χ0n) is 13.5. The quantitative estimate of drug-likeness (QED) is 0.429. The third kappa shape index (κ3) is 5.10. The van der Waals surface area contributed by atoms with Crippen molar-refractivity contribution in [3.8, 4) is 6.07 Å². The molecule has 1 fully saturated rings. The normalized spacial score (nSPS) is 21.5. The molecule has 0 heterocycles. The van der Waals surface area contributed by atoms with E-state index in [0.29, 0.717) is 5.56 Å². The maximum atomic E-state index is 12.5. The summed E-state index contributed by atoms with van der Waals surface area (Å²) >= 11 is 18.0. The molecular weight excluding hydrogens is 493 g/mol. The molecule has 0 saturated heterocycles. The minimum atomic E-state index is -0.970. The number of rotatable bonds is 5. The molecule has 25 heavy (non-hydrogen) atoms. The van der Waals surface area contributed by atoms with Crippen LogP contribution in [0.25, 0.3) is 6.08 Å². The number of halogens is 4. The molecular formula is C18H15Br2Cl2NO2. The number of hydrogen-bond donors (Lipinski definition) is 0. The number of ether oxygens (including phenoxy) is 1. The van der Waals surface area contributed by atoms with Crippen LogP contribution in [0.5, 0.6) is 0 Å². The Labute approximate surface area is 173 Å². The van der Waals surface area contributed by atoms with Gasteiger partial charge < -0.3 is 4.74 Å². The van der Waals surface area contributed by atoms with E-state index in [9.17, 15) is 10.1 Å². The van der Waals surface area contributed by atoms with Crippen LogP contribution in [0.1, 0.15) is 31.1 Å². The average molecular weight is 508 g/mol. The highest BCUT2D eigenvalue weighted by Crippen LogP contribution is 2.60. The van der Waals surface area contributed by atoms with Crippen molar-refractivity contribution >= 4 is 67.1 Å². The van der Waals surface area contributed by atoms with Gasteiger partial charge in [0, 0.05) is 5.56 Å². The first-order valence-corrected chi connectivity index (χ1v) is 9.76. The molecule has 0 amide bonds. The molecule has 0 spiro atoms. The van der Waals surface area contributed by atoms with Crippen LogP contribution in [0, 0.1) is 28.6 Å². The molecule has 0 aromatic heterocycles. The lowest BCUT2D eigenvalue weighted by atomic mass is 10.1. The molecule has 0 bridgehead atoms. The second-order valence-electron chi connectivity index (χ2n) is 6.33. The highest BCUT2D eigenvalue weighted by molar-refractivity contribution is 9.28. The summed E-state index contributed by atoms with van der Waals surface area (Å²) in [5.41, 5.74) is 1.20. The van der Waals surface area contributed by atoms with Crippen molar-refractivity contribution < 1.29 is 9.53 Å². The number of carbonyl (C=O) groups is 1. The van der Waals surface area contributed by atoms with E-state index in [-0.39, 0.29) is 21.7 Å². The van der Waals surface area contributed by atoms with E-state index in [1.165, 1.54) is 0 Å². The van der Waals surface area contributed by atoms with Crippen LogP contribution in [-0.4, -0.2) is 5.97 Å². The highest BCUT2D eigenvalue weighted by atomic mass is 79.9. The Hall–Kier alpha value is -0.800. The lowest BCUT2D eigenvalue weighted by Crippen LogP contribution is -2.14. The second kappa shape index (κ2) is 8.26. The van der Waals surface area contributed by atoms with E-state index >= 15 is 0 Å². The number of esters is 1. The molecule has 3 nitrogen and oxygen atoms in total. The molecule has 3 atom stereocenters. The van der Waals surface area contributed by atoms with Crippen LogP contribution in [0.4, 0.5) is 0 Å². The zero-order chi connectivity index (χ0) is 18.8. The minimum absolute atomic E-state index is 0.0945. The summed E-state index contributed by atoms with van der Waals surface area (Å²) in [6.07, 6.45) is 2.52. The van der Waals surface area contributed by atoms with Gasteiger partial charge in [-0.05, 0) is 67.0 Å². The predicted molar refractivity (Wildman–Crippen MR) is 107 cm³/mol. The van der Waals surface area contributed by atoms with Gasteiger partial charge in [-0.3, -0.25) is 4.79 Å². The van der Waals surface area contributed by atoms with E-state index in [1.807, 2.05) is 38.1 Å².